The highest BCUT2D eigenvalue weighted by Crippen LogP contribution is 2.40. The van der Waals surface area contributed by atoms with Gasteiger partial charge in [0, 0.05) is 23.3 Å². The van der Waals surface area contributed by atoms with E-state index < -0.39 is 0 Å². The van der Waals surface area contributed by atoms with Crippen molar-refractivity contribution in [3.63, 3.8) is 0 Å². The lowest BCUT2D eigenvalue weighted by Gasteiger charge is -2.24. The lowest BCUT2D eigenvalue weighted by Crippen LogP contribution is -2.16. The van der Waals surface area contributed by atoms with Crippen LogP contribution in [-0.2, 0) is 12.2 Å². The molecule has 1 aliphatic rings. The quantitative estimate of drug-likeness (QED) is 0.714. The molecule has 2 aromatic heterocycles. The minimum Gasteiger partial charge on any atom is -0.269 e. The Morgan fingerprint density at radius 3 is 3.04 bits per heavy atom. The zero-order valence-electron chi connectivity index (χ0n) is 13.7. The van der Waals surface area contributed by atoms with Gasteiger partial charge >= 0.3 is 0 Å². The van der Waals surface area contributed by atoms with Crippen LogP contribution < -0.4 is 5.56 Å². The number of pyridine rings is 1. The molecule has 1 unspecified atom stereocenters. The van der Waals surface area contributed by atoms with Crippen LogP contribution in [0.1, 0.15) is 40.5 Å². The highest BCUT2D eigenvalue weighted by Gasteiger charge is 2.20. The van der Waals surface area contributed by atoms with Gasteiger partial charge in [0.15, 0.2) is 0 Å². The Morgan fingerprint density at radius 2 is 2.12 bits per heavy atom. The zero-order valence-corrected chi connectivity index (χ0v) is 14.6. The van der Waals surface area contributed by atoms with Crippen LogP contribution in [0.15, 0.2) is 53.5 Å². The summed E-state index contributed by atoms with van der Waals surface area (Å²) in [7, 11) is 0. The second kappa shape index (κ2) is 6.44. The van der Waals surface area contributed by atoms with Crippen molar-refractivity contribution in [3.05, 3.63) is 81.4 Å². The normalized spacial score (nSPS) is 17.0. The predicted molar refractivity (Wildman–Crippen MR) is 99.6 cm³/mol. The number of benzene rings is 1. The molecule has 3 aromatic rings. The van der Waals surface area contributed by atoms with E-state index in [-0.39, 0.29) is 5.56 Å². The molecular formula is C20H20N2OS. The van der Waals surface area contributed by atoms with E-state index in [0.29, 0.717) is 5.25 Å². The van der Waals surface area contributed by atoms with Gasteiger partial charge in [-0.15, -0.1) is 11.8 Å². The van der Waals surface area contributed by atoms with Gasteiger partial charge in [0.25, 0.3) is 5.56 Å². The highest BCUT2D eigenvalue weighted by atomic mass is 32.2. The minimum atomic E-state index is 0.00310. The molecule has 0 bridgehead atoms. The number of thioether (sulfide) groups is 1. The Balaban J connectivity index is 1.60. The van der Waals surface area contributed by atoms with Crippen LogP contribution in [0, 0.1) is 6.92 Å². The van der Waals surface area contributed by atoms with Crippen LogP contribution in [-0.4, -0.2) is 9.38 Å². The Hall–Kier alpha value is -2.07. The first kappa shape index (κ1) is 15.5. The van der Waals surface area contributed by atoms with Gasteiger partial charge in [0.05, 0.1) is 5.69 Å². The lowest BCUT2D eigenvalue weighted by atomic mass is 9.91. The first-order valence-corrected chi connectivity index (χ1v) is 9.44. The molecule has 0 saturated carbocycles. The summed E-state index contributed by atoms with van der Waals surface area (Å²) in [5.41, 5.74) is 5.62. The van der Waals surface area contributed by atoms with E-state index >= 15 is 0 Å². The zero-order chi connectivity index (χ0) is 16.5. The Morgan fingerprint density at radius 1 is 1.25 bits per heavy atom. The van der Waals surface area contributed by atoms with Crippen LogP contribution in [0.25, 0.3) is 5.65 Å². The number of aromatic nitrogens is 2. The maximum absolute atomic E-state index is 12.3. The summed E-state index contributed by atoms with van der Waals surface area (Å²) in [6, 6.07) is 14.3. The monoisotopic (exact) mass is 336 g/mol. The van der Waals surface area contributed by atoms with Crippen LogP contribution >= 0.6 is 11.8 Å². The maximum atomic E-state index is 12.3. The van der Waals surface area contributed by atoms with Crippen molar-refractivity contribution in [2.45, 2.75) is 37.2 Å². The lowest BCUT2D eigenvalue weighted by molar-refractivity contribution is 0.673. The van der Waals surface area contributed by atoms with Crippen LogP contribution in [0.4, 0.5) is 0 Å². The van der Waals surface area contributed by atoms with Gasteiger partial charge in [-0.3, -0.25) is 9.20 Å². The fourth-order valence-corrected chi connectivity index (χ4v) is 4.71. The molecule has 0 aliphatic heterocycles. The molecule has 122 valence electrons. The number of fused-ring (bicyclic) bond motifs is 2. The standard InChI is InChI=1S/C20H20N2OS/c1-14-6-5-11-22-19(23)12-16(21-20(14)22)13-24-18-10-4-8-15-7-2-3-9-17(15)18/h2-3,5-7,9,11-12,18H,4,8,10,13H2,1H3. The summed E-state index contributed by atoms with van der Waals surface area (Å²) >= 11 is 1.91. The molecule has 1 atom stereocenters. The average molecular weight is 336 g/mol. The summed E-state index contributed by atoms with van der Waals surface area (Å²) in [6.45, 7) is 2.00. The predicted octanol–water partition coefficient (Wildman–Crippen LogP) is 4.31. The maximum Gasteiger partial charge on any atom is 0.258 e. The molecule has 4 rings (SSSR count). The van der Waals surface area contributed by atoms with E-state index in [1.807, 2.05) is 30.8 Å². The van der Waals surface area contributed by atoms with E-state index in [1.54, 1.807) is 16.7 Å². The van der Waals surface area contributed by atoms with Gasteiger partial charge in [0.1, 0.15) is 5.65 Å². The smallest absolute Gasteiger partial charge is 0.258 e. The third-order valence-corrected chi connectivity index (χ3v) is 6.04. The molecule has 0 radical (unpaired) electrons. The molecule has 4 heteroatoms. The first-order chi connectivity index (χ1) is 11.7. The molecule has 1 aliphatic carbocycles. The van der Waals surface area contributed by atoms with Crippen molar-refractivity contribution in [2.24, 2.45) is 0 Å². The number of hydrogen-bond acceptors (Lipinski definition) is 3. The Kier molecular flexibility index (Phi) is 4.15. The summed E-state index contributed by atoms with van der Waals surface area (Å²) in [4.78, 5) is 17.0. The third kappa shape index (κ3) is 2.86. The number of hydrogen-bond donors (Lipinski definition) is 0. The molecule has 3 nitrogen and oxygen atoms in total. The summed E-state index contributed by atoms with van der Waals surface area (Å²) < 4.78 is 1.62. The van der Waals surface area contributed by atoms with E-state index in [9.17, 15) is 4.79 Å². The van der Waals surface area contributed by atoms with E-state index in [1.165, 1.54) is 30.4 Å². The molecule has 0 amide bonds. The Labute approximate surface area is 145 Å². The van der Waals surface area contributed by atoms with E-state index in [2.05, 4.69) is 24.3 Å². The molecule has 0 saturated heterocycles. The average Bonchev–Trinajstić information content (AvgIpc) is 2.61. The fraction of sp³-hybridized carbons (Fsp3) is 0.300. The fourth-order valence-electron chi connectivity index (χ4n) is 3.45. The van der Waals surface area contributed by atoms with Gasteiger partial charge < -0.3 is 0 Å². The van der Waals surface area contributed by atoms with Crippen LogP contribution in [0.5, 0.6) is 0 Å². The van der Waals surface area contributed by atoms with Crippen molar-refractivity contribution < 1.29 is 0 Å². The van der Waals surface area contributed by atoms with Gasteiger partial charge in [-0.25, -0.2) is 4.98 Å². The highest BCUT2D eigenvalue weighted by molar-refractivity contribution is 7.98. The van der Waals surface area contributed by atoms with Crippen LogP contribution in [0.3, 0.4) is 0 Å². The summed E-state index contributed by atoms with van der Waals surface area (Å²) in [6.07, 6.45) is 5.41. The van der Waals surface area contributed by atoms with Gasteiger partial charge in [-0.1, -0.05) is 30.3 Å². The molecule has 1 aromatic carbocycles. The van der Waals surface area contributed by atoms with Crippen molar-refractivity contribution in [1.82, 2.24) is 9.38 Å². The SMILES string of the molecule is Cc1cccn2c(=O)cc(CSC3CCCc4ccccc43)nc12. The largest absolute Gasteiger partial charge is 0.269 e. The number of aryl methyl sites for hydroxylation is 2. The van der Waals surface area contributed by atoms with Crippen molar-refractivity contribution >= 4 is 17.4 Å². The van der Waals surface area contributed by atoms with Crippen molar-refractivity contribution in [1.29, 1.82) is 0 Å². The molecule has 0 N–H and O–H groups in total. The molecule has 0 fully saturated rings. The number of nitrogens with zero attached hydrogens (tertiary/aromatic N) is 2. The molecule has 24 heavy (non-hydrogen) atoms. The first-order valence-electron chi connectivity index (χ1n) is 8.40. The van der Waals surface area contributed by atoms with Crippen molar-refractivity contribution in [3.8, 4) is 0 Å². The Bertz CT molecular complexity index is 948. The molecular weight excluding hydrogens is 316 g/mol. The molecule has 2 heterocycles. The van der Waals surface area contributed by atoms with Gasteiger partial charge in [-0.05, 0) is 48.9 Å². The molecule has 0 spiro atoms. The van der Waals surface area contributed by atoms with Gasteiger partial charge in [0.2, 0.25) is 0 Å². The second-order valence-corrected chi connectivity index (χ2v) is 7.55. The van der Waals surface area contributed by atoms with E-state index in [0.717, 1.165) is 22.7 Å². The minimum absolute atomic E-state index is 0.00310. The summed E-state index contributed by atoms with van der Waals surface area (Å²) in [5.74, 6) is 0.777. The van der Waals surface area contributed by atoms with Crippen LogP contribution in [0.2, 0.25) is 0 Å². The number of rotatable bonds is 3. The van der Waals surface area contributed by atoms with E-state index in [4.69, 9.17) is 4.98 Å². The van der Waals surface area contributed by atoms with Gasteiger partial charge in [-0.2, -0.15) is 0 Å². The second-order valence-electron chi connectivity index (χ2n) is 6.36. The summed E-state index contributed by atoms with van der Waals surface area (Å²) in [5, 5.41) is 0.507. The third-order valence-electron chi connectivity index (χ3n) is 4.69. The van der Waals surface area contributed by atoms with Crippen molar-refractivity contribution in [2.75, 3.05) is 0 Å². The topological polar surface area (TPSA) is 34.4 Å².